The number of carbonyl (C=O) groups excluding carboxylic acids is 1. The molecule has 46 heavy (non-hydrogen) atoms. The predicted molar refractivity (Wildman–Crippen MR) is 180 cm³/mol. The molecule has 6 atom stereocenters. The largest absolute Gasteiger partial charge is 0.490 e. The molecule has 2 heterocycles. The Labute approximate surface area is 277 Å². The van der Waals surface area contributed by atoms with Crippen LogP contribution in [0.15, 0.2) is 48.6 Å². The van der Waals surface area contributed by atoms with Crippen LogP contribution in [-0.2, 0) is 26.6 Å². The predicted octanol–water partition coefficient (Wildman–Crippen LogP) is 5.26. The quantitative estimate of drug-likeness (QED) is 0.316. The van der Waals surface area contributed by atoms with E-state index in [4.69, 9.17) is 21.1 Å². The fourth-order valence-electron chi connectivity index (χ4n) is 7.83. The fourth-order valence-corrected chi connectivity index (χ4v) is 9.31. The molecule has 2 aromatic carbocycles. The van der Waals surface area contributed by atoms with E-state index in [9.17, 15) is 18.3 Å². The van der Waals surface area contributed by atoms with Crippen LogP contribution in [0.2, 0.25) is 5.02 Å². The summed E-state index contributed by atoms with van der Waals surface area (Å²) in [4.78, 5) is 15.8. The zero-order chi connectivity index (χ0) is 32.7. The lowest BCUT2D eigenvalue weighted by atomic mass is 9.64. The first-order valence-electron chi connectivity index (χ1n) is 16.2. The number of aliphatic hydroxyl groups excluding tert-OH is 1. The molecule has 2 aliphatic heterocycles. The van der Waals surface area contributed by atoms with Crippen LogP contribution in [-0.4, -0.2) is 63.7 Å². The normalized spacial score (nSPS) is 32.7. The summed E-state index contributed by atoms with van der Waals surface area (Å²) in [7, 11) is -2.33. The third-order valence-corrected chi connectivity index (χ3v) is 13.0. The minimum absolute atomic E-state index is 0.0460. The van der Waals surface area contributed by atoms with Crippen molar-refractivity contribution < 1.29 is 27.8 Å². The molecule has 1 spiro atoms. The number of aliphatic hydroxyl groups is 1. The Morgan fingerprint density at radius 3 is 2.76 bits per heavy atom. The number of carbonyl (C=O) groups is 1. The Morgan fingerprint density at radius 1 is 1.20 bits per heavy atom. The summed E-state index contributed by atoms with van der Waals surface area (Å²) in [5.41, 5.74) is 2.27. The zero-order valence-electron chi connectivity index (χ0n) is 26.7. The molecule has 2 N–H and O–H groups in total. The van der Waals surface area contributed by atoms with Crippen molar-refractivity contribution in [2.75, 3.05) is 38.3 Å². The van der Waals surface area contributed by atoms with Gasteiger partial charge in [-0.3, -0.25) is 4.79 Å². The number of nitrogens with zero attached hydrogens (tertiary/aromatic N) is 1. The first kappa shape index (κ1) is 32.9. The summed E-state index contributed by atoms with van der Waals surface area (Å²) in [5.74, 6) is 6.05. The molecule has 0 unspecified atom stereocenters. The lowest BCUT2D eigenvalue weighted by Gasteiger charge is -2.48. The van der Waals surface area contributed by atoms with Gasteiger partial charge in [-0.25, -0.2) is 13.1 Å². The van der Waals surface area contributed by atoms with Crippen LogP contribution in [0.4, 0.5) is 5.69 Å². The lowest BCUT2D eigenvalue weighted by Crippen LogP contribution is -2.52. The number of amides is 1. The van der Waals surface area contributed by atoms with Gasteiger partial charge in [0.2, 0.25) is 10.0 Å². The van der Waals surface area contributed by atoms with Crippen molar-refractivity contribution >= 4 is 33.2 Å². The average Bonchev–Trinajstić information content (AvgIpc) is 3.17. The van der Waals surface area contributed by atoms with Gasteiger partial charge in [0.05, 0.1) is 17.5 Å². The van der Waals surface area contributed by atoms with Crippen molar-refractivity contribution in [1.82, 2.24) is 4.72 Å². The number of allylic oxidation sites excluding steroid dienone is 1. The molecule has 2 aromatic rings. The molecule has 1 amide bonds. The van der Waals surface area contributed by atoms with E-state index in [0.717, 1.165) is 42.8 Å². The van der Waals surface area contributed by atoms with Crippen LogP contribution in [0.25, 0.3) is 0 Å². The van der Waals surface area contributed by atoms with Crippen LogP contribution >= 0.6 is 11.6 Å². The summed E-state index contributed by atoms with van der Waals surface area (Å²) in [5, 5.41) is 9.54. The van der Waals surface area contributed by atoms with Gasteiger partial charge in [0, 0.05) is 42.1 Å². The van der Waals surface area contributed by atoms with Crippen LogP contribution in [0, 0.1) is 29.6 Å². The number of hydrogen-bond acceptors (Lipinski definition) is 7. The summed E-state index contributed by atoms with van der Waals surface area (Å²) >= 11 is 6.43. The van der Waals surface area contributed by atoms with Crippen molar-refractivity contribution in [3.8, 4) is 17.6 Å². The third-order valence-electron chi connectivity index (χ3n) is 10.8. The van der Waals surface area contributed by atoms with Gasteiger partial charge in [-0.05, 0) is 105 Å². The molecule has 246 valence electrons. The topological polar surface area (TPSA) is 105 Å². The first-order valence-corrected chi connectivity index (χ1v) is 18.1. The molecule has 0 aromatic heterocycles. The van der Waals surface area contributed by atoms with Crippen LogP contribution in [0.1, 0.15) is 67.4 Å². The van der Waals surface area contributed by atoms with E-state index in [1.54, 1.807) is 32.2 Å². The highest BCUT2D eigenvalue weighted by molar-refractivity contribution is 7.90. The van der Waals surface area contributed by atoms with Crippen LogP contribution in [0.5, 0.6) is 5.75 Å². The second kappa shape index (κ2) is 12.9. The highest BCUT2D eigenvalue weighted by atomic mass is 35.5. The Hall–Kier alpha value is -3.03. The van der Waals surface area contributed by atoms with Crippen LogP contribution < -0.4 is 14.4 Å². The van der Waals surface area contributed by atoms with Gasteiger partial charge in [-0.15, -0.1) is 0 Å². The molecular weight excluding hydrogens is 624 g/mol. The van der Waals surface area contributed by atoms with E-state index >= 15 is 0 Å². The summed E-state index contributed by atoms with van der Waals surface area (Å²) in [6.45, 7) is 4.99. The maximum atomic E-state index is 13.5. The summed E-state index contributed by atoms with van der Waals surface area (Å²) in [6.07, 6.45) is 9.11. The Balaban J connectivity index is 1.47. The number of halogens is 1. The van der Waals surface area contributed by atoms with Gasteiger partial charge in [-0.1, -0.05) is 42.5 Å². The number of nitrogens with one attached hydrogen (secondary N) is 1. The number of rotatable bonds is 1. The van der Waals surface area contributed by atoms with Crippen molar-refractivity contribution in [3.63, 3.8) is 0 Å². The van der Waals surface area contributed by atoms with Crippen LogP contribution in [0.3, 0.4) is 0 Å². The lowest BCUT2D eigenvalue weighted by molar-refractivity contribution is -0.0351. The number of benzene rings is 2. The first-order chi connectivity index (χ1) is 22.0. The van der Waals surface area contributed by atoms with E-state index in [2.05, 4.69) is 33.6 Å². The number of ether oxygens (including phenoxy) is 2. The zero-order valence-corrected chi connectivity index (χ0v) is 28.3. The monoisotopic (exact) mass is 666 g/mol. The minimum atomic E-state index is -3.98. The molecule has 1 saturated carbocycles. The summed E-state index contributed by atoms with van der Waals surface area (Å²) in [6, 6.07) is 11.4. The SMILES string of the molecule is CO[C@@]1(C#CCO)/C=C\C[C@H](C)[C@@H](C)S(=O)(=O)NC(=O)c2ccc3c(c2)N(C[C@@H]2CC[C@H]21)C[C@@]1(CCCc2cc(Cl)ccc21)CO3. The highest BCUT2D eigenvalue weighted by Crippen LogP contribution is 2.49. The highest BCUT2D eigenvalue weighted by Gasteiger charge is 2.48. The fraction of sp³-hybridized carbons (Fsp3) is 0.528. The van der Waals surface area contributed by atoms with Gasteiger partial charge in [0.1, 0.15) is 18.0 Å². The Kier molecular flexibility index (Phi) is 9.21. The Bertz CT molecular complexity index is 1700. The average molecular weight is 667 g/mol. The molecule has 2 bridgehead atoms. The number of anilines is 1. The van der Waals surface area contributed by atoms with E-state index in [-0.39, 0.29) is 35.3 Å². The standard InChI is InChI=1S/C36H43ClN2O6S/c1-24-7-4-16-36(44-3,17-6-18-40)31-12-9-28(31)21-39-22-35(15-5-8-26-19-29(37)11-13-30(26)35)23-45-33-14-10-27(20-32(33)39)34(41)38-46(42,43)25(24)2/h4,10-11,13-14,16,19-20,24-25,28,31,40H,5,7-9,12,15,18,21-23H2,1-3H3,(H,38,41)/b16-4-/t24-,25+,28-,31+,35-,36+/m0/s1. The molecule has 4 aliphatic rings. The van der Waals surface area contributed by atoms with Gasteiger partial charge in [0.15, 0.2) is 0 Å². The molecule has 2 aliphatic carbocycles. The Morgan fingerprint density at radius 2 is 2.02 bits per heavy atom. The second-order valence-corrected chi connectivity index (χ2v) is 16.0. The van der Waals surface area contributed by atoms with Gasteiger partial charge in [-0.2, -0.15) is 0 Å². The van der Waals surface area contributed by atoms with E-state index < -0.39 is 26.8 Å². The number of sulfonamides is 1. The van der Waals surface area contributed by atoms with E-state index in [0.29, 0.717) is 31.9 Å². The number of aryl methyl sites for hydroxylation is 1. The molecule has 8 nitrogen and oxygen atoms in total. The van der Waals surface area contributed by atoms with E-state index in [1.165, 1.54) is 11.1 Å². The van der Waals surface area contributed by atoms with Gasteiger partial charge in [0.25, 0.3) is 5.91 Å². The third kappa shape index (κ3) is 6.06. The maximum absolute atomic E-state index is 13.5. The molecule has 10 heteroatoms. The maximum Gasteiger partial charge on any atom is 0.264 e. The van der Waals surface area contributed by atoms with Gasteiger partial charge < -0.3 is 19.5 Å². The van der Waals surface area contributed by atoms with Crippen molar-refractivity contribution in [2.24, 2.45) is 17.8 Å². The van der Waals surface area contributed by atoms with Crippen molar-refractivity contribution in [2.45, 2.75) is 68.6 Å². The van der Waals surface area contributed by atoms with Crippen molar-refractivity contribution in [3.05, 3.63) is 70.3 Å². The minimum Gasteiger partial charge on any atom is -0.490 e. The number of hydrogen-bond donors (Lipinski definition) is 2. The van der Waals surface area contributed by atoms with E-state index in [1.807, 2.05) is 25.1 Å². The van der Waals surface area contributed by atoms with Gasteiger partial charge >= 0.3 is 0 Å². The molecular formula is C36H43ClN2O6S. The molecule has 1 fully saturated rings. The molecule has 6 rings (SSSR count). The molecule has 0 saturated heterocycles. The number of methoxy groups -OCH3 is 1. The summed E-state index contributed by atoms with van der Waals surface area (Å²) < 4.78 is 41.8. The van der Waals surface area contributed by atoms with Crippen molar-refractivity contribution in [1.29, 1.82) is 0 Å². The second-order valence-electron chi connectivity index (χ2n) is 13.5. The number of fused-ring (bicyclic) bond motifs is 4. The molecule has 0 radical (unpaired) electrons. The smallest absolute Gasteiger partial charge is 0.264 e.